The van der Waals surface area contributed by atoms with Crippen LogP contribution in [0.2, 0.25) is 0 Å². The minimum atomic E-state index is 0.0681. The van der Waals surface area contributed by atoms with Crippen LogP contribution in [0.5, 0.6) is 0 Å². The van der Waals surface area contributed by atoms with Gasteiger partial charge < -0.3 is 10.2 Å². The van der Waals surface area contributed by atoms with E-state index in [1.54, 1.807) is 0 Å². The van der Waals surface area contributed by atoms with Crippen LogP contribution >= 0.6 is 0 Å². The highest BCUT2D eigenvalue weighted by molar-refractivity contribution is 5.72. The van der Waals surface area contributed by atoms with Crippen LogP contribution in [0.3, 0.4) is 0 Å². The number of aromatic nitrogens is 1. The van der Waals surface area contributed by atoms with E-state index in [1.165, 1.54) is 11.1 Å². The second-order valence-corrected chi connectivity index (χ2v) is 5.57. The standard InChI is InChI=1S/C18H20N2O/c1-13-5-4-6-14(11-13)9-10-15(19)12-18-20-16-7-2-3-8-17(16)21-18/h2-8,11,15H,9-10,12,19H2,1H3. The molecule has 0 amide bonds. The quantitative estimate of drug-likeness (QED) is 0.776. The van der Waals surface area contributed by atoms with Crippen molar-refractivity contribution in [2.45, 2.75) is 32.2 Å². The van der Waals surface area contributed by atoms with Gasteiger partial charge in [0.1, 0.15) is 5.52 Å². The van der Waals surface area contributed by atoms with Crippen LogP contribution in [0, 0.1) is 6.92 Å². The SMILES string of the molecule is Cc1cccc(CCC(N)Cc2nc3ccccc3o2)c1. The second-order valence-electron chi connectivity index (χ2n) is 5.57. The molecule has 1 unspecified atom stereocenters. The van der Waals surface area contributed by atoms with Crippen LogP contribution in [0.4, 0.5) is 0 Å². The number of hydrogen-bond acceptors (Lipinski definition) is 3. The summed E-state index contributed by atoms with van der Waals surface area (Å²) in [5, 5.41) is 0. The van der Waals surface area contributed by atoms with Gasteiger partial charge in [-0.05, 0) is 37.5 Å². The molecular weight excluding hydrogens is 260 g/mol. The fourth-order valence-electron chi connectivity index (χ4n) is 2.55. The predicted octanol–water partition coefficient (Wildman–Crippen LogP) is 3.64. The van der Waals surface area contributed by atoms with E-state index in [0.717, 1.165) is 29.8 Å². The normalized spacial score (nSPS) is 12.7. The molecule has 1 heterocycles. The first-order valence-corrected chi connectivity index (χ1v) is 7.36. The minimum absolute atomic E-state index is 0.0681. The molecule has 2 N–H and O–H groups in total. The van der Waals surface area contributed by atoms with Crippen molar-refractivity contribution in [3.8, 4) is 0 Å². The fourth-order valence-corrected chi connectivity index (χ4v) is 2.55. The molecule has 3 aromatic rings. The Kier molecular flexibility index (Phi) is 4.02. The van der Waals surface area contributed by atoms with Crippen LogP contribution in [-0.4, -0.2) is 11.0 Å². The molecule has 0 saturated carbocycles. The Hall–Kier alpha value is -2.13. The molecule has 1 atom stereocenters. The lowest BCUT2D eigenvalue weighted by molar-refractivity contribution is 0.484. The van der Waals surface area contributed by atoms with E-state index in [4.69, 9.17) is 10.2 Å². The number of nitrogens with two attached hydrogens (primary N) is 1. The number of benzene rings is 2. The number of nitrogens with zero attached hydrogens (tertiary/aromatic N) is 1. The topological polar surface area (TPSA) is 52.0 Å². The number of aryl methyl sites for hydroxylation is 2. The first-order valence-electron chi connectivity index (χ1n) is 7.36. The van der Waals surface area contributed by atoms with Crippen molar-refractivity contribution in [1.29, 1.82) is 0 Å². The molecule has 0 aliphatic heterocycles. The summed E-state index contributed by atoms with van der Waals surface area (Å²) in [4.78, 5) is 4.48. The maximum absolute atomic E-state index is 6.21. The molecule has 0 radical (unpaired) electrons. The smallest absolute Gasteiger partial charge is 0.197 e. The second kappa shape index (κ2) is 6.10. The highest BCUT2D eigenvalue weighted by Crippen LogP contribution is 2.16. The van der Waals surface area contributed by atoms with Crippen LogP contribution in [0.25, 0.3) is 11.1 Å². The van der Waals surface area contributed by atoms with Crippen LogP contribution < -0.4 is 5.73 Å². The Balaban J connectivity index is 1.59. The molecule has 21 heavy (non-hydrogen) atoms. The van der Waals surface area contributed by atoms with Gasteiger partial charge in [-0.15, -0.1) is 0 Å². The van der Waals surface area contributed by atoms with E-state index in [9.17, 15) is 0 Å². The van der Waals surface area contributed by atoms with Crippen molar-refractivity contribution in [2.24, 2.45) is 5.73 Å². The van der Waals surface area contributed by atoms with Crippen LogP contribution in [0.1, 0.15) is 23.4 Å². The molecule has 0 spiro atoms. The molecule has 0 aliphatic rings. The Morgan fingerprint density at radius 2 is 2.00 bits per heavy atom. The van der Waals surface area contributed by atoms with Gasteiger partial charge >= 0.3 is 0 Å². The number of hydrogen-bond donors (Lipinski definition) is 1. The van der Waals surface area contributed by atoms with E-state index in [2.05, 4.69) is 36.2 Å². The number of oxazole rings is 1. The molecule has 0 fully saturated rings. The van der Waals surface area contributed by atoms with Gasteiger partial charge in [0.25, 0.3) is 0 Å². The molecule has 0 saturated heterocycles. The van der Waals surface area contributed by atoms with Crippen molar-refractivity contribution in [3.63, 3.8) is 0 Å². The minimum Gasteiger partial charge on any atom is -0.441 e. The maximum atomic E-state index is 6.21. The maximum Gasteiger partial charge on any atom is 0.197 e. The van der Waals surface area contributed by atoms with Gasteiger partial charge in [0, 0.05) is 12.5 Å². The highest BCUT2D eigenvalue weighted by Gasteiger charge is 2.10. The van der Waals surface area contributed by atoms with Crippen molar-refractivity contribution in [2.75, 3.05) is 0 Å². The third kappa shape index (κ3) is 3.50. The van der Waals surface area contributed by atoms with E-state index >= 15 is 0 Å². The van der Waals surface area contributed by atoms with Crippen LogP contribution in [0.15, 0.2) is 52.9 Å². The van der Waals surface area contributed by atoms with E-state index in [1.807, 2.05) is 24.3 Å². The first kappa shape index (κ1) is 13.8. The Bertz CT molecular complexity index is 700. The third-order valence-corrected chi connectivity index (χ3v) is 3.66. The molecule has 3 heteroatoms. The average molecular weight is 280 g/mol. The first-order chi connectivity index (χ1) is 10.2. The zero-order valence-electron chi connectivity index (χ0n) is 12.3. The zero-order valence-corrected chi connectivity index (χ0v) is 12.3. The Labute approximate surface area is 124 Å². The number of rotatable bonds is 5. The summed E-state index contributed by atoms with van der Waals surface area (Å²) >= 11 is 0. The van der Waals surface area contributed by atoms with Crippen LogP contribution in [-0.2, 0) is 12.8 Å². The van der Waals surface area contributed by atoms with Crippen molar-refractivity contribution < 1.29 is 4.42 Å². The molecular formula is C18H20N2O. The van der Waals surface area contributed by atoms with Gasteiger partial charge in [0.2, 0.25) is 0 Å². The van der Waals surface area contributed by atoms with Gasteiger partial charge in [-0.1, -0.05) is 42.0 Å². The van der Waals surface area contributed by atoms with E-state index in [-0.39, 0.29) is 6.04 Å². The average Bonchev–Trinajstić information content (AvgIpc) is 2.87. The monoisotopic (exact) mass is 280 g/mol. The zero-order chi connectivity index (χ0) is 14.7. The highest BCUT2D eigenvalue weighted by atomic mass is 16.3. The van der Waals surface area contributed by atoms with Gasteiger partial charge in [-0.3, -0.25) is 0 Å². The third-order valence-electron chi connectivity index (χ3n) is 3.66. The molecule has 2 aromatic carbocycles. The Morgan fingerprint density at radius 3 is 2.81 bits per heavy atom. The summed E-state index contributed by atoms with van der Waals surface area (Å²) in [6.07, 6.45) is 2.60. The predicted molar refractivity (Wildman–Crippen MR) is 85.2 cm³/mol. The summed E-state index contributed by atoms with van der Waals surface area (Å²) in [6, 6.07) is 16.5. The summed E-state index contributed by atoms with van der Waals surface area (Å²) < 4.78 is 5.72. The van der Waals surface area contributed by atoms with Gasteiger partial charge in [-0.25, -0.2) is 4.98 Å². The largest absolute Gasteiger partial charge is 0.441 e. The lowest BCUT2D eigenvalue weighted by Gasteiger charge is -2.09. The van der Waals surface area contributed by atoms with Crippen molar-refractivity contribution >= 4 is 11.1 Å². The van der Waals surface area contributed by atoms with Crippen molar-refractivity contribution in [1.82, 2.24) is 4.98 Å². The Morgan fingerprint density at radius 1 is 1.14 bits per heavy atom. The summed E-state index contributed by atoms with van der Waals surface area (Å²) in [7, 11) is 0. The van der Waals surface area contributed by atoms with Crippen molar-refractivity contribution in [3.05, 3.63) is 65.5 Å². The molecule has 0 aliphatic carbocycles. The molecule has 108 valence electrons. The van der Waals surface area contributed by atoms with Gasteiger partial charge in [0.15, 0.2) is 11.5 Å². The molecule has 3 rings (SSSR count). The van der Waals surface area contributed by atoms with Gasteiger partial charge in [-0.2, -0.15) is 0 Å². The number of fused-ring (bicyclic) bond motifs is 1. The summed E-state index contributed by atoms with van der Waals surface area (Å²) in [5.74, 6) is 0.730. The molecule has 0 bridgehead atoms. The number of para-hydroxylation sites is 2. The summed E-state index contributed by atoms with van der Waals surface area (Å²) in [5.41, 5.74) is 10.6. The lowest BCUT2D eigenvalue weighted by Crippen LogP contribution is -2.23. The van der Waals surface area contributed by atoms with E-state index in [0.29, 0.717) is 6.42 Å². The fraction of sp³-hybridized carbons (Fsp3) is 0.278. The summed E-state index contributed by atoms with van der Waals surface area (Å²) in [6.45, 7) is 2.11. The lowest BCUT2D eigenvalue weighted by atomic mass is 10.0. The molecule has 3 nitrogen and oxygen atoms in total. The van der Waals surface area contributed by atoms with E-state index < -0.39 is 0 Å². The molecule has 1 aromatic heterocycles. The van der Waals surface area contributed by atoms with Gasteiger partial charge in [0.05, 0.1) is 0 Å².